The van der Waals surface area contributed by atoms with Gasteiger partial charge in [0, 0.05) is 0 Å². The summed E-state index contributed by atoms with van der Waals surface area (Å²) in [5.41, 5.74) is 0.743. The minimum atomic E-state index is -1.82. The lowest BCUT2D eigenvalue weighted by Gasteiger charge is -2.30. The largest absolute Gasteiger partial charge is 0.431 e. The predicted molar refractivity (Wildman–Crippen MR) is 60.4 cm³/mol. The Balaban J connectivity index is 2.52. The van der Waals surface area contributed by atoms with Crippen molar-refractivity contribution >= 4 is 8.32 Å². The SMILES string of the molecule is CCC[Si](O)(CCC)C1CCCC1. The minimum absolute atomic E-state index is 0.743. The van der Waals surface area contributed by atoms with Gasteiger partial charge < -0.3 is 4.80 Å². The summed E-state index contributed by atoms with van der Waals surface area (Å²) in [6, 6.07) is 2.29. The lowest BCUT2D eigenvalue weighted by Crippen LogP contribution is -2.38. The Hall–Kier alpha value is 0.177. The lowest BCUT2D eigenvalue weighted by molar-refractivity contribution is 0.490. The quantitative estimate of drug-likeness (QED) is 0.671. The van der Waals surface area contributed by atoms with Crippen molar-refractivity contribution in [2.24, 2.45) is 0 Å². The highest BCUT2D eigenvalue weighted by Crippen LogP contribution is 2.41. The molecule has 0 aromatic carbocycles. The van der Waals surface area contributed by atoms with Gasteiger partial charge in [-0.25, -0.2) is 0 Å². The van der Waals surface area contributed by atoms with Gasteiger partial charge in [-0.1, -0.05) is 52.4 Å². The maximum atomic E-state index is 10.6. The second-order valence-electron chi connectivity index (χ2n) is 4.58. The molecule has 78 valence electrons. The van der Waals surface area contributed by atoms with Crippen LogP contribution in [-0.4, -0.2) is 13.1 Å². The Bertz CT molecular complexity index is 135. The first-order chi connectivity index (χ1) is 6.23. The Morgan fingerprint density at radius 3 is 1.92 bits per heavy atom. The maximum Gasteiger partial charge on any atom is 0.191 e. The average Bonchev–Trinajstić information content (AvgIpc) is 2.57. The normalized spacial score (nSPS) is 19.6. The molecule has 0 spiro atoms. The zero-order valence-corrected chi connectivity index (χ0v) is 10.2. The zero-order valence-electron chi connectivity index (χ0n) is 9.18. The van der Waals surface area contributed by atoms with Gasteiger partial charge in [-0.3, -0.25) is 0 Å². The van der Waals surface area contributed by atoms with Gasteiger partial charge in [0.15, 0.2) is 8.32 Å². The molecule has 0 unspecified atom stereocenters. The third-order valence-corrected chi connectivity index (χ3v) is 8.31. The van der Waals surface area contributed by atoms with E-state index in [-0.39, 0.29) is 0 Å². The average molecular weight is 200 g/mol. The molecule has 0 bridgehead atoms. The number of hydrogen-bond acceptors (Lipinski definition) is 1. The van der Waals surface area contributed by atoms with E-state index >= 15 is 0 Å². The van der Waals surface area contributed by atoms with Gasteiger partial charge in [0.2, 0.25) is 0 Å². The summed E-state index contributed by atoms with van der Waals surface area (Å²) in [6.07, 6.45) is 7.74. The summed E-state index contributed by atoms with van der Waals surface area (Å²) in [4.78, 5) is 10.6. The van der Waals surface area contributed by atoms with E-state index in [0.717, 1.165) is 17.6 Å². The molecule has 0 saturated heterocycles. The lowest BCUT2D eigenvalue weighted by atomic mass is 10.4. The van der Waals surface area contributed by atoms with E-state index in [1.807, 2.05) is 0 Å². The fraction of sp³-hybridized carbons (Fsp3) is 1.00. The van der Waals surface area contributed by atoms with Crippen molar-refractivity contribution in [1.29, 1.82) is 0 Å². The molecule has 1 saturated carbocycles. The van der Waals surface area contributed by atoms with Gasteiger partial charge >= 0.3 is 0 Å². The summed E-state index contributed by atoms with van der Waals surface area (Å²) in [5, 5.41) is 0. The van der Waals surface area contributed by atoms with E-state index in [4.69, 9.17) is 0 Å². The van der Waals surface area contributed by atoms with Crippen molar-refractivity contribution in [3.05, 3.63) is 0 Å². The van der Waals surface area contributed by atoms with Gasteiger partial charge in [0.05, 0.1) is 0 Å². The van der Waals surface area contributed by atoms with Gasteiger partial charge in [0.25, 0.3) is 0 Å². The Morgan fingerprint density at radius 1 is 1.08 bits per heavy atom. The maximum absolute atomic E-state index is 10.6. The van der Waals surface area contributed by atoms with Crippen LogP contribution in [-0.2, 0) is 0 Å². The van der Waals surface area contributed by atoms with Gasteiger partial charge in [-0.15, -0.1) is 0 Å². The third-order valence-electron chi connectivity index (χ3n) is 3.48. The fourth-order valence-electron chi connectivity index (χ4n) is 2.86. The van der Waals surface area contributed by atoms with Crippen molar-refractivity contribution in [2.45, 2.75) is 70.0 Å². The standard InChI is InChI=1S/C11H24OSi/c1-3-9-13(12,10-4-2)11-7-5-6-8-11/h11-12H,3-10H2,1-2H3. The van der Waals surface area contributed by atoms with Crippen LogP contribution in [0.1, 0.15) is 52.4 Å². The van der Waals surface area contributed by atoms with Crippen LogP contribution < -0.4 is 0 Å². The van der Waals surface area contributed by atoms with E-state index in [0.29, 0.717) is 0 Å². The summed E-state index contributed by atoms with van der Waals surface area (Å²) in [5.74, 6) is 0. The van der Waals surface area contributed by atoms with Crippen LogP contribution in [0.5, 0.6) is 0 Å². The zero-order chi connectivity index (χ0) is 9.73. The van der Waals surface area contributed by atoms with E-state index in [9.17, 15) is 4.80 Å². The van der Waals surface area contributed by atoms with Crippen LogP contribution in [0.3, 0.4) is 0 Å². The highest BCUT2D eigenvalue weighted by Gasteiger charge is 2.39. The second-order valence-corrected chi connectivity index (χ2v) is 8.61. The fourth-order valence-corrected chi connectivity index (χ4v) is 7.14. The van der Waals surface area contributed by atoms with Crippen molar-refractivity contribution in [2.75, 3.05) is 0 Å². The summed E-state index contributed by atoms with van der Waals surface area (Å²) in [6.45, 7) is 4.42. The molecule has 1 rings (SSSR count). The molecule has 0 heterocycles. The summed E-state index contributed by atoms with van der Waals surface area (Å²) < 4.78 is 0. The van der Waals surface area contributed by atoms with Crippen molar-refractivity contribution in [3.8, 4) is 0 Å². The third kappa shape index (κ3) is 2.81. The highest BCUT2D eigenvalue weighted by molar-refractivity contribution is 6.74. The molecule has 0 atom stereocenters. The first-order valence-corrected chi connectivity index (χ1v) is 8.39. The number of rotatable bonds is 5. The van der Waals surface area contributed by atoms with Crippen molar-refractivity contribution in [3.63, 3.8) is 0 Å². The molecule has 1 nitrogen and oxygen atoms in total. The first kappa shape index (κ1) is 11.3. The summed E-state index contributed by atoms with van der Waals surface area (Å²) in [7, 11) is -1.82. The van der Waals surface area contributed by atoms with E-state index in [2.05, 4.69) is 13.8 Å². The van der Waals surface area contributed by atoms with Gasteiger partial charge in [0.1, 0.15) is 0 Å². The van der Waals surface area contributed by atoms with E-state index in [1.165, 1.54) is 38.5 Å². The summed E-state index contributed by atoms with van der Waals surface area (Å²) >= 11 is 0. The molecule has 0 amide bonds. The molecular formula is C11H24OSi. The molecule has 0 radical (unpaired) electrons. The van der Waals surface area contributed by atoms with Gasteiger partial charge in [-0.05, 0) is 17.6 Å². The molecular weight excluding hydrogens is 176 g/mol. The van der Waals surface area contributed by atoms with E-state index < -0.39 is 8.32 Å². The predicted octanol–water partition coefficient (Wildman–Crippen LogP) is 3.69. The Morgan fingerprint density at radius 2 is 1.54 bits per heavy atom. The number of hydrogen-bond donors (Lipinski definition) is 1. The van der Waals surface area contributed by atoms with Gasteiger partial charge in [-0.2, -0.15) is 0 Å². The Labute approximate surface area is 83.7 Å². The molecule has 1 aliphatic carbocycles. The van der Waals surface area contributed by atoms with Crippen LogP contribution in [0.15, 0.2) is 0 Å². The molecule has 1 N–H and O–H groups in total. The molecule has 0 aliphatic heterocycles. The van der Waals surface area contributed by atoms with Crippen molar-refractivity contribution in [1.82, 2.24) is 0 Å². The topological polar surface area (TPSA) is 20.2 Å². The smallest absolute Gasteiger partial charge is 0.191 e. The van der Waals surface area contributed by atoms with Crippen LogP contribution in [0.2, 0.25) is 17.6 Å². The molecule has 1 aliphatic rings. The minimum Gasteiger partial charge on any atom is -0.431 e. The van der Waals surface area contributed by atoms with Crippen LogP contribution in [0.25, 0.3) is 0 Å². The monoisotopic (exact) mass is 200 g/mol. The van der Waals surface area contributed by atoms with Crippen LogP contribution >= 0.6 is 0 Å². The van der Waals surface area contributed by atoms with Crippen LogP contribution in [0.4, 0.5) is 0 Å². The molecule has 1 fully saturated rings. The highest BCUT2D eigenvalue weighted by atomic mass is 28.4. The first-order valence-electron chi connectivity index (χ1n) is 5.95. The Kier molecular flexibility index (Phi) is 4.46. The van der Waals surface area contributed by atoms with Crippen molar-refractivity contribution < 1.29 is 4.80 Å². The molecule has 2 heteroatoms. The van der Waals surface area contributed by atoms with E-state index in [1.54, 1.807) is 0 Å². The molecule has 13 heavy (non-hydrogen) atoms. The molecule has 0 aromatic rings. The molecule has 0 aromatic heterocycles. The second kappa shape index (κ2) is 5.16. The van der Waals surface area contributed by atoms with Crippen LogP contribution in [0, 0.1) is 0 Å².